The molecule has 0 unspecified atom stereocenters. The summed E-state index contributed by atoms with van der Waals surface area (Å²) >= 11 is 0. The van der Waals surface area contributed by atoms with Crippen molar-refractivity contribution >= 4 is 54.5 Å². The molecule has 9 rings (SSSR count). The highest BCUT2D eigenvalue weighted by molar-refractivity contribution is 6.99. The van der Waals surface area contributed by atoms with Gasteiger partial charge in [-0.25, -0.2) is 28.8 Å². The Morgan fingerprint density at radius 1 is 0.474 bits per heavy atom. The van der Waals surface area contributed by atoms with Crippen LogP contribution in [0.1, 0.15) is 72.6 Å². The third-order valence-electron chi connectivity index (χ3n) is 13.3. The quantitative estimate of drug-likeness (QED) is 0.0427. The highest BCUT2D eigenvalue weighted by Crippen LogP contribution is 2.39. The summed E-state index contributed by atoms with van der Waals surface area (Å²) in [5, 5.41) is 1.11. The summed E-state index contributed by atoms with van der Waals surface area (Å²) in [6, 6.07) is 59.6. The minimum Gasteiger partial charge on any atom is -0.459 e. The van der Waals surface area contributed by atoms with Gasteiger partial charge in [-0.3, -0.25) is 0 Å². The molecule has 2 fully saturated rings. The fraction of sp³-hybridized carbons (Fsp3) is 0.226. The van der Waals surface area contributed by atoms with Crippen LogP contribution in [0, 0.1) is 0 Å². The second-order valence-electron chi connectivity index (χ2n) is 19.5. The highest BCUT2D eigenvalue weighted by atomic mass is 28.4. The van der Waals surface area contributed by atoms with E-state index in [1.807, 2.05) is 60.7 Å². The number of hydrogen-bond acceptors (Lipinski definition) is 15. The Balaban J connectivity index is 1.17. The number of hydrogen-bond donors (Lipinski definition) is 0. The smallest absolute Gasteiger partial charge is 0.352 e. The van der Waals surface area contributed by atoms with Crippen LogP contribution >= 0.6 is 0 Å². The van der Waals surface area contributed by atoms with Crippen LogP contribution in [-0.4, -0.2) is 106 Å². The topological polar surface area (TPSA) is 185 Å². The van der Waals surface area contributed by atoms with E-state index in [9.17, 15) is 28.8 Å². The van der Waals surface area contributed by atoms with Crippen molar-refractivity contribution in [1.29, 1.82) is 0 Å². The molecule has 0 radical (unpaired) electrons. The molecule has 0 amide bonds. The molecule has 2 aliphatic rings. The van der Waals surface area contributed by atoms with Crippen LogP contribution in [0.5, 0.6) is 0 Å². The lowest BCUT2D eigenvalue weighted by Crippen LogP contribution is -2.67. The summed E-state index contributed by atoms with van der Waals surface area (Å²) in [6.07, 6.45) is -13.1. The normalized spacial score (nSPS) is 20.3. The zero-order valence-corrected chi connectivity index (χ0v) is 43.9. The summed E-state index contributed by atoms with van der Waals surface area (Å²) in [5.41, 5.74) is 0.685. The van der Waals surface area contributed by atoms with Crippen molar-refractivity contribution in [3.8, 4) is 0 Å². The Morgan fingerprint density at radius 2 is 0.833 bits per heavy atom. The zero-order valence-electron chi connectivity index (χ0n) is 42.9. The lowest BCUT2D eigenvalue weighted by molar-refractivity contribution is -0.224. The number of esters is 6. The maximum atomic E-state index is 14.4. The maximum absolute atomic E-state index is 14.4. The third kappa shape index (κ3) is 12.3. The van der Waals surface area contributed by atoms with Gasteiger partial charge in [0.2, 0.25) is 6.10 Å². The summed E-state index contributed by atoms with van der Waals surface area (Å²) in [4.78, 5) is 84.4. The van der Waals surface area contributed by atoms with Crippen molar-refractivity contribution in [2.24, 2.45) is 0 Å². The van der Waals surface area contributed by atoms with Gasteiger partial charge < -0.3 is 42.3 Å². The molecule has 2 saturated heterocycles. The minimum atomic E-state index is -3.53. The molecule has 8 atom stereocenters. The average Bonchev–Trinajstić information content (AvgIpc) is 4.11. The van der Waals surface area contributed by atoms with Gasteiger partial charge in [0.05, 0.1) is 34.4 Å². The van der Waals surface area contributed by atoms with E-state index in [1.54, 1.807) is 103 Å². The first-order chi connectivity index (χ1) is 37.8. The number of carbonyl (C=O) groups excluding carboxylic acids is 6. The molecule has 2 aliphatic heterocycles. The van der Waals surface area contributed by atoms with Gasteiger partial charge in [-0.1, -0.05) is 172 Å². The van der Waals surface area contributed by atoms with Gasteiger partial charge in [0.15, 0.2) is 30.7 Å². The Morgan fingerprint density at radius 3 is 1.24 bits per heavy atom. The average molecular weight is 1070 g/mol. The maximum Gasteiger partial charge on any atom is 0.352 e. The van der Waals surface area contributed by atoms with E-state index in [0.717, 1.165) is 10.4 Å². The molecule has 15 nitrogen and oxygen atoms in total. The van der Waals surface area contributed by atoms with Crippen LogP contribution in [0.2, 0.25) is 5.04 Å². The van der Waals surface area contributed by atoms with Crippen molar-refractivity contribution in [2.75, 3.05) is 13.2 Å². The fourth-order valence-electron chi connectivity index (χ4n) is 9.53. The van der Waals surface area contributed by atoms with E-state index in [2.05, 4.69) is 20.8 Å². The molecular weight excluding hydrogens is 1010 g/mol. The Bertz CT molecular complexity index is 3110. The van der Waals surface area contributed by atoms with Gasteiger partial charge in [0, 0.05) is 0 Å². The molecule has 0 saturated carbocycles. The molecule has 0 aliphatic carbocycles. The first-order valence-electron chi connectivity index (χ1n) is 25.3. The number of rotatable bonds is 19. The van der Waals surface area contributed by atoms with Crippen LogP contribution in [-0.2, 0) is 47.1 Å². The third-order valence-corrected chi connectivity index (χ3v) is 18.3. The SMILES string of the molecule is CC(C)(C)[Si](OC[C@@H](O[C@H]1O[C@H](COC(=O)c2ccccc2)[C@@H](OC(=O)c2ccccc2)[C@@H]1OC(=O)c1ccccc1)[C@@H]1OC(=O)[C@H](OC(=O)c2ccccc2)[C@H]1OC(=O)c1ccccc1)(c1ccccc1)c1ccccc1. The monoisotopic (exact) mass is 1070 g/mol. The van der Waals surface area contributed by atoms with Crippen molar-refractivity contribution in [3.63, 3.8) is 0 Å². The van der Waals surface area contributed by atoms with Gasteiger partial charge in [0.1, 0.15) is 18.8 Å². The summed E-state index contributed by atoms with van der Waals surface area (Å²) in [5.74, 6) is -5.32. The van der Waals surface area contributed by atoms with E-state index >= 15 is 0 Å². The molecule has 78 heavy (non-hydrogen) atoms. The minimum absolute atomic E-state index is 0.0993. The van der Waals surface area contributed by atoms with Crippen LogP contribution in [0.4, 0.5) is 0 Å². The van der Waals surface area contributed by atoms with Gasteiger partial charge in [-0.05, 0) is 76.1 Å². The summed E-state index contributed by atoms with van der Waals surface area (Å²) in [6.45, 7) is 5.18. The lowest BCUT2D eigenvalue weighted by Gasteiger charge is -2.44. The van der Waals surface area contributed by atoms with Crippen LogP contribution in [0.3, 0.4) is 0 Å². The highest BCUT2D eigenvalue weighted by Gasteiger charge is 2.59. The standard InChI is InChI=1S/C62H56O15Si/c1-62(2,3)78(46-35-21-9-22-36-46,47-37-23-10-24-38-47)70-40-49(50-52(75-57(65)43-29-15-6-16-30-43)53(60(68)74-50)76-58(66)44-31-17-7-18-32-44)72-61-54(77-59(67)45-33-19-8-20-34-45)51(73-56(64)42-27-13-5-14-28-42)48(71-61)39-69-55(63)41-25-11-4-12-26-41/h4-38,48-54,61H,39-40H2,1-3H3/t48-,49-,50+,51-,52+,53-,54+,61-/m1/s1. The molecule has 7 aromatic rings. The van der Waals surface area contributed by atoms with Crippen molar-refractivity contribution in [3.05, 3.63) is 240 Å². The first-order valence-corrected chi connectivity index (χ1v) is 27.2. The van der Waals surface area contributed by atoms with Gasteiger partial charge in [0.25, 0.3) is 8.32 Å². The molecule has 398 valence electrons. The molecule has 0 bridgehead atoms. The van der Waals surface area contributed by atoms with E-state index in [0.29, 0.717) is 0 Å². The molecule has 0 aromatic heterocycles. The predicted octanol–water partition coefficient (Wildman–Crippen LogP) is 8.36. The van der Waals surface area contributed by atoms with Gasteiger partial charge >= 0.3 is 35.8 Å². The summed E-state index contributed by atoms with van der Waals surface area (Å²) < 4.78 is 57.7. The largest absolute Gasteiger partial charge is 0.459 e. The van der Waals surface area contributed by atoms with Gasteiger partial charge in [-0.2, -0.15) is 0 Å². The van der Waals surface area contributed by atoms with Crippen molar-refractivity contribution in [2.45, 2.75) is 74.8 Å². The Hall–Kier alpha value is -8.54. The van der Waals surface area contributed by atoms with E-state index < -0.39 is 111 Å². The predicted molar refractivity (Wildman–Crippen MR) is 286 cm³/mol. The Labute approximate surface area is 452 Å². The summed E-state index contributed by atoms with van der Waals surface area (Å²) in [7, 11) is -3.53. The van der Waals surface area contributed by atoms with Crippen LogP contribution in [0.15, 0.2) is 212 Å². The van der Waals surface area contributed by atoms with Crippen molar-refractivity contribution in [1.82, 2.24) is 0 Å². The van der Waals surface area contributed by atoms with Crippen LogP contribution < -0.4 is 10.4 Å². The second-order valence-corrected chi connectivity index (χ2v) is 23.8. The molecule has 2 heterocycles. The van der Waals surface area contributed by atoms with Crippen LogP contribution in [0.25, 0.3) is 0 Å². The number of carbonyl (C=O) groups is 6. The molecule has 16 heteroatoms. The fourth-order valence-corrected chi connectivity index (χ4v) is 14.1. The second kappa shape index (κ2) is 24.6. The van der Waals surface area contributed by atoms with Gasteiger partial charge in [-0.15, -0.1) is 0 Å². The zero-order chi connectivity index (χ0) is 54.7. The Kier molecular flexibility index (Phi) is 17.1. The van der Waals surface area contributed by atoms with E-state index in [1.165, 1.54) is 48.5 Å². The number of ether oxygens (including phenoxy) is 8. The number of cyclic esters (lactones) is 1. The number of benzene rings is 7. The van der Waals surface area contributed by atoms with E-state index in [4.69, 9.17) is 42.3 Å². The van der Waals surface area contributed by atoms with E-state index in [-0.39, 0.29) is 27.8 Å². The first kappa shape index (κ1) is 54.3. The molecular formula is C62H56O15Si. The molecule has 0 N–H and O–H groups in total. The van der Waals surface area contributed by atoms with Crippen molar-refractivity contribution < 1.29 is 71.1 Å². The molecule has 7 aromatic carbocycles. The molecule has 0 spiro atoms. The lowest BCUT2D eigenvalue weighted by atomic mass is 10.0.